The highest BCUT2D eigenvalue weighted by atomic mass is 32.2. The minimum absolute atomic E-state index is 0.124. The van der Waals surface area contributed by atoms with Crippen LogP contribution in [0.15, 0.2) is 65.8 Å². The summed E-state index contributed by atoms with van der Waals surface area (Å²) in [5.74, 6) is -0.235. The average Bonchev–Trinajstić information content (AvgIpc) is 3.09. The lowest BCUT2D eigenvalue weighted by Gasteiger charge is -2.06. The first-order chi connectivity index (χ1) is 11.5. The van der Waals surface area contributed by atoms with Crippen LogP contribution in [0.1, 0.15) is 15.9 Å². The zero-order valence-corrected chi connectivity index (χ0v) is 13.3. The summed E-state index contributed by atoms with van der Waals surface area (Å²) < 4.78 is 24.7. The summed E-state index contributed by atoms with van der Waals surface area (Å²) in [4.78, 5) is 16.1. The number of benzene rings is 2. The van der Waals surface area contributed by atoms with Crippen molar-refractivity contribution in [3.05, 3.63) is 72.1 Å². The molecule has 8 heteroatoms. The van der Waals surface area contributed by atoms with Crippen molar-refractivity contribution in [1.29, 1.82) is 0 Å². The lowest BCUT2D eigenvalue weighted by atomic mass is 10.1. The predicted molar refractivity (Wildman–Crippen MR) is 88.1 cm³/mol. The molecule has 0 spiro atoms. The Hall–Kier alpha value is -3.00. The zero-order valence-electron chi connectivity index (χ0n) is 12.5. The van der Waals surface area contributed by atoms with Gasteiger partial charge in [-0.25, -0.2) is 13.5 Å². The van der Waals surface area contributed by atoms with Crippen molar-refractivity contribution in [2.24, 2.45) is 0 Å². The third-order valence-corrected chi connectivity index (χ3v) is 5.03. The van der Waals surface area contributed by atoms with E-state index in [-0.39, 0.29) is 22.5 Å². The molecule has 0 fully saturated rings. The van der Waals surface area contributed by atoms with Crippen LogP contribution in [0.4, 0.5) is 5.95 Å². The van der Waals surface area contributed by atoms with E-state index in [9.17, 15) is 13.2 Å². The van der Waals surface area contributed by atoms with E-state index in [4.69, 9.17) is 0 Å². The number of rotatable bonds is 5. The molecular formula is C16H14N4O3S. The molecule has 0 aliphatic heterocycles. The van der Waals surface area contributed by atoms with Crippen molar-refractivity contribution in [2.45, 2.75) is 10.6 Å². The number of aromatic amines is 1. The van der Waals surface area contributed by atoms with Crippen LogP contribution in [-0.2, 0) is 15.6 Å². The van der Waals surface area contributed by atoms with Gasteiger partial charge in [-0.05, 0) is 29.8 Å². The van der Waals surface area contributed by atoms with Crippen LogP contribution in [0, 0.1) is 0 Å². The third kappa shape index (κ3) is 3.66. The van der Waals surface area contributed by atoms with Gasteiger partial charge in [0.2, 0.25) is 5.95 Å². The number of carbonyl (C=O) groups is 1. The Morgan fingerprint density at radius 1 is 1.04 bits per heavy atom. The highest BCUT2D eigenvalue weighted by molar-refractivity contribution is 7.90. The summed E-state index contributed by atoms with van der Waals surface area (Å²) in [6.45, 7) is 0. The first-order valence-corrected chi connectivity index (χ1v) is 8.73. The van der Waals surface area contributed by atoms with Crippen LogP contribution >= 0.6 is 0 Å². The number of hydrogen-bond donors (Lipinski definition) is 2. The normalized spacial score (nSPS) is 11.2. The molecule has 0 atom stereocenters. The van der Waals surface area contributed by atoms with Crippen molar-refractivity contribution >= 4 is 21.7 Å². The van der Waals surface area contributed by atoms with Crippen LogP contribution in [0.3, 0.4) is 0 Å². The van der Waals surface area contributed by atoms with E-state index < -0.39 is 9.84 Å². The van der Waals surface area contributed by atoms with Crippen LogP contribution in [0.25, 0.3) is 0 Å². The highest BCUT2D eigenvalue weighted by Crippen LogP contribution is 2.16. The monoisotopic (exact) mass is 342 g/mol. The molecule has 0 bridgehead atoms. The first kappa shape index (κ1) is 15.9. The average molecular weight is 342 g/mol. The van der Waals surface area contributed by atoms with Gasteiger partial charge >= 0.3 is 0 Å². The number of amides is 1. The van der Waals surface area contributed by atoms with E-state index in [2.05, 4.69) is 20.5 Å². The predicted octanol–water partition coefficient (Wildman–Crippen LogP) is 2.03. The maximum Gasteiger partial charge on any atom is 0.258 e. The van der Waals surface area contributed by atoms with E-state index in [0.29, 0.717) is 11.1 Å². The van der Waals surface area contributed by atoms with E-state index in [1.54, 1.807) is 54.6 Å². The molecule has 2 N–H and O–H groups in total. The van der Waals surface area contributed by atoms with Crippen molar-refractivity contribution in [3.8, 4) is 0 Å². The second-order valence-corrected chi connectivity index (χ2v) is 7.05. The number of aromatic nitrogens is 3. The number of hydrogen-bond acceptors (Lipinski definition) is 5. The molecular weight excluding hydrogens is 328 g/mol. The molecule has 0 aliphatic carbocycles. The highest BCUT2D eigenvalue weighted by Gasteiger charge is 2.15. The van der Waals surface area contributed by atoms with Gasteiger partial charge in [0.15, 0.2) is 9.84 Å². The quantitative estimate of drug-likeness (QED) is 0.738. The summed E-state index contributed by atoms with van der Waals surface area (Å²) in [5, 5.41) is 8.71. The minimum Gasteiger partial charge on any atom is -0.291 e. The summed E-state index contributed by atoms with van der Waals surface area (Å²) in [5.41, 5.74) is 1.00. The SMILES string of the molecule is O=C(Nc1ncn[nH]1)c1ccc(CS(=O)(=O)c2ccccc2)cc1. The fraction of sp³-hybridized carbons (Fsp3) is 0.0625. The van der Waals surface area contributed by atoms with Gasteiger partial charge in [-0.2, -0.15) is 10.1 Å². The first-order valence-electron chi connectivity index (χ1n) is 7.08. The molecule has 0 radical (unpaired) electrons. The molecule has 1 heterocycles. The molecule has 0 unspecified atom stereocenters. The van der Waals surface area contributed by atoms with Gasteiger partial charge in [-0.1, -0.05) is 30.3 Å². The molecule has 2 aromatic carbocycles. The molecule has 122 valence electrons. The van der Waals surface area contributed by atoms with E-state index >= 15 is 0 Å². The molecule has 0 aliphatic rings. The number of nitrogens with zero attached hydrogens (tertiary/aromatic N) is 2. The molecule has 3 rings (SSSR count). The van der Waals surface area contributed by atoms with Gasteiger partial charge in [-0.3, -0.25) is 10.1 Å². The van der Waals surface area contributed by atoms with E-state index in [1.165, 1.54) is 6.33 Å². The van der Waals surface area contributed by atoms with Crippen LogP contribution < -0.4 is 5.32 Å². The Labute approximate surface area is 138 Å². The Morgan fingerprint density at radius 3 is 2.38 bits per heavy atom. The molecule has 24 heavy (non-hydrogen) atoms. The zero-order chi connectivity index (χ0) is 17.0. The van der Waals surface area contributed by atoms with E-state index in [1.807, 2.05) is 0 Å². The van der Waals surface area contributed by atoms with Crippen LogP contribution in [0.2, 0.25) is 0 Å². The lowest BCUT2D eigenvalue weighted by Crippen LogP contribution is -2.13. The Morgan fingerprint density at radius 2 is 1.75 bits per heavy atom. The lowest BCUT2D eigenvalue weighted by molar-refractivity contribution is 0.102. The number of anilines is 1. The summed E-state index contributed by atoms with van der Waals surface area (Å²) >= 11 is 0. The molecule has 1 amide bonds. The van der Waals surface area contributed by atoms with Crippen LogP contribution in [-0.4, -0.2) is 29.5 Å². The van der Waals surface area contributed by atoms with Gasteiger partial charge in [-0.15, -0.1) is 0 Å². The third-order valence-electron chi connectivity index (χ3n) is 3.32. The number of carbonyl (C=O) groups excluding carboxylic acids is 1. The van der Waals surface area contributed by atoms with Crippen molar-refractivity contribution in [1.82, 2.24) is 15.2 Å². The van der Waals surface area contributed by atoms with Gasteiger partial charge in [0, 0.05) is 5.56 Å². The summed E-state index contributed by atoms with van der Waals surface area (Å²) in [6, 6.07) is 14.6. The maximum absolute atomic E-state index is 12.3. The van der Waals surface area contributed by atoms with Gasteiger partial charge in [0.25, 0.3) is 5.91 Å². The van der Waals surface area contributed by atoms with Crippen molar-refractivity contribution in [3.63, 3.8) is 0 Å². The standard InChI is InChI=1S/C16H14N4O3S/c21-15(19-16-17-11-18-20-16)13-8-6-12(7-9-13)10-24(22,23)14-4-2-1-3-5-14/h1-9,11H,10H2,(H2,17,18,19,20,21). The topological polar surface area (TPSA) is 105 Å². The van der Waals surface area contributed by atoms with Gasteiger partial charge in [0.05, 0.1) is 10.6 Å². The fourth-order valence-corrected chi connectivity index (χ4v) is 3.50. The maximum atomic E-state index is 12.3. The smallest absolute Gasteiger partial charge is 0.258 e. The Balaban J connectivity index is 1.72. The second-order valence-electron chi connectivity index (χ2n) is 5.06. The summed E-state index contributed by atoms with van der Waals surface area (Å²) in [7, 11) is -3.41. The number of nitrogens with one attached hydrogen (secondary N) is 2. The minimum atomic E-state index is -3.41. The molecule has 3 aromatic rings. The fourth-order valence-electron chi connectivity index (χ4n) is 2.13. The van der Waals surface area contributed by atoms with E-state index in [0.717, 1.165) is 0 Å². The molecule has 0 saturated carbocycles. The molecule has 0 saturated heterocycles. The number of sulfone groups is 1. The van der Waals surface area contributed by atoms with Crippen molar-refractivity contribution in [2.75, 3.05) is 5.32 Å². The molecule has 7 nitrogen and oxygen atoms in total. The van der Waals surface area contributed by atoms with Crippen molar-refractivity contribution < 1.29 is 13.2 Å². The van der Waals surface area contributed by atoms with Gasteiger partial charge in [0.1, 0.15) is 6.33 Å². The van der Waals surface area contributed by atoms with Crippen LogP contribution in [0.5, 0.6) is 0 Å². The Kier molecular flexibility index (Phi) is 4.39. The Bertz CT molecular complexity index is 921. The molecule has 1 aromatic heterocycles. The van der Waals surface area contributed by atoms with Gasteiger partial charge < -0.3 is 0 Å². The largest absolute Gasteiger partial charge is 0.291 e. The second kappa shape index (κ2) is 6.63. The summed E-state index contributed by atoms with van der Waals surface area (Å²) in [6.07, 6.45) is 1.28. The number of H-pyrrole nitrogens is 1.